The topological polar surface area (TPSA) is 49.4 Å². The van der Waals surface area contributed by atoms with Crippen molar-refractivity contribution in [3.05, 3.63) is 100 Å². The summed E-state index contributed by atoms with van der Waals surface area (Å²) in [6.45, 7) is 2.31. The molecule has 0 saturated carbocycles. The number of benzene rings is 3. The fourth-order valence-corrected chi connectivity index (χ4v) is 3.79. The van der Waals surface area contributed by atoms with Crippen LogP contribution in [0, 0.1) is 6.92 Å². The highest BCUT2D eigenvalue weighted by atomic mass is 35.5. The first-order valence-electron chi connectivity index (χ1n) is 9.53. The van der Waals surface area contributed by atoms with Gasteiger partial charge in [-0.05, 0) is 47.9 Å². The number of fused-ring (bicyclic) bond motifs is 1. The summed E-state index contributed by atoms with van der Waals surface area (Å²) in [4.78, 5) is 28.0. The van der Waals surface area contributed by atoms with Crippen molar-refractivity contribution >= 4 is 29.1 Å². The summed E-state index contributed by atoms with van der Waals surface area (Å²) in [7, 11) is 0. The zero-order chi connectivity index (χ0) is 20.4. The number of carbonyl (C=O) groups is 2. The van der Waals surface area contributed by atoms with E-state index in [1.54, 1.807) is 23.1 Å². The second-order valence-electron chi connectivity index (χ2n) is 7.24. The second-order valence-corrected chi connectivity index (χ2v) is 7.65. The van der Waals surface area contributed by atoms with Crippen LogP contribution < -0.4 is 5.32 Å². The summed E-state index contributed by atoms with van der Waals surface area (Å²) in [5, 5.41) is 3.52. The van der Waals surface area contributed by atoms with Crippen molar-refractivity contribution in [2.45, 2.75) is 25.9 Å². The first-order chi connectivity index (χ1) is 14.0. The zero-order valence-corrected chi connectivity index (χ0v) is 16.8. The van der Waals surface area contributed by atoms with Gasteiger partial charge in [0, 0.05) is 29.2 Å². The van der Waals surface area contributed by atoms with E-state index in [9.17, 15) is 9.59 Å². The first-order valence-corrected chi connectivity index (χ1v) is 9.90. The molecular weight excluding hydrogens is 384 g/mol. The summed E-state index contributed by atoms with van der Waals surface area (Å²) < 4.78 is 0. The predicted molar refractivity (Wildman–Crippen MR) is 115 cm³/mol. The molecular formula is C24H21ClN2O2. The third kappa shape index (κ3) is 4.03. The van der Waals surface area contributed by atoms with E-state index in [0.29, 0.717) is 29.2 Å². The Balaban J connectivity index is 1.64. The third-order valence-electron chi connectivity index (χ3n) is 5.27. The molecule has 4 rings (SSSR count). The van der Waals surface area contributed by atoms with Crippen molar-refractivity contribution in [1.82, 2.24) is 4.90 Å². The second kappa shape index (κ2) is 8.10. The van der Waals surface area contributed by atoms with Crippen LogP contribution in [0.2, 0.25) is 5.02 Å². The van der Waals surface area contributed by atoms with Gasteiger partial charge in [0.25, 0.3) is 5.91 Å². The Hall–Kier alpha value is -3.11. The molecule has 0 saturated heterocycles. The molecule has 1 aliphatic rings. The summed E-state index contributed by atoms with van der Waals surface area (Å²) in [5.74, 6) is -0.370. The van der Waals surface area contributed by atoms with Crippen LogP contribution in [0.5, 0.6) is 0 Å². The van der Waals surface area contributed by atoms with Gasteiger partial charge in [-0.25, -0.2) is 0 Å². The summed E-state index contributed by atoms with van der Waals surface area (Å²) in [5.41, 5.74) is 4.29. The maximum Gasteiger partial charge on any atom is 0.254 e. The van der Waals surface area contributed by atoms with Crippen LogP contribution in [0.25, 0.3) is 0 Å². The monoisotopic (exact) mass is 404 g/mol. The average molecular weight is 405 g/mol. The molecule has 0 unspecified atom stereocenters. The summed E-state index contributed by atoms with van der Waals surface area (Å²) >= 11 is 6.19. The highest BCUT2D eigenvalue weighted by Gasteiger charge is 2.35. The minimum atomic E-state index is -0.599. The fourth-order valence-electron chi connectivity index (χ4n) is 3.61. The largest absolute Gasteiger partial charge is 0.324 e. The van der Waals surface area contributed by atoms with E-state index in [4.69, 9.17) is 11.6 Å². The molecule has 3 aromatic carbocycles. The van der Waals surface area contributed by atoms with Crippen LogP contribution in [0.3, 0.4) is 0 Å². The van der Waals surface area contributed by atoms with Crippen molar-refractivity contribution in [1.29, 1.82) is 0 Å². The van der Waals surface area contributed by atoms with E-state index in [2.05, 4.69) is 5.32 Å². The molecule has 4 nitrogen and oxygen atoms in total. The van der Waals surface area contributed by atoms with Gasteiger partial charge < -0.3 is 10.2 Å². The van der Waals surface area contributed by atoms with Gasteiger partial charge in [-0.3, -0.25) is 9.59 Å². The van der Waals surface area contributed by atoms with Gasteiger partial charge in [0.15, 0.2) is 0 Å². The molecule has 0 bridgehead atoms. The highest BCUT2D eigenvalue weighted by Crippen LogP contribution is 2.27. The Bertz CT molecular complexity index is 1070. The van der Waals surface area contributed by atoms with Crippen molar-refractivity contribution in [3.63, 3.8) is 0 Å². The lowest BCUT2D eigenvalue weighted by atomic mass is 9.92. The lowest BCUT2D eigenvalue weighted by Gasteiger charge is -2.36. The molecule has 0 radical (unpaired) electrons. The van der Waals surface area contributed by atoms with Gasteiger partial charge in [0.2, 0.25) is 5.91 Å². The van der Waals surface area contributed by atoms with Crippen molar-refractivity contribution < 1.29 is 9.59 Å². The molecule has 1 atom stereocenters. The summed E-state index contributed by atoms with van der Waals surface area (Å²) in [6.07, 6.45) is 0.472. The number of rotatable bonds is 3. The molecule has 3 aromatic rings. The van der Waals surface area contributed by atoms with Crippen LogP contribution in [0.4, 0.5) is 5.69 Å². The van der Waals surface area contributed by atoms with E-state index < -0.39 is 6.04 Å². The minimum absolute atomic E-state index is 0.151. The Kier molecular flexibility index (Phi) is 5.36. The lowest BCUT2D eigenvalue weighted by molar-refractivity contribution is -0.121. The van der Waals surface area contributed by atoms with Gasteiger partial charge in [-0.15, -0.1) is 0 Å². The van der Waals surface area contributed by atoms with Crippen molar-refractivity contribution in [2.24, 2.45) is 0 Å². The van der Waals surface area contributed by atoms with E-state index in [0.717, 1.165) is 16.7 Å². The molecule has 1 N–H and O–H groups in total. The molecule has 1 aliphatic heterocycles. The zero-order valence-electron chi connectivity index (χ0n) is 16.1. The normalized spacial score (nSPS) is 15.5. The van der Waals surface area contributed by atoms with Crippen molar-refractivity contribution in [3.8, 4) is 0 Å². The van der Waals surface area contributed by atoms with Gasteiger partial charge in [0.05, 0.1) is 0 Å². The predicted octanol–water partition coefficient (Wildman–Crippen LogP) is 4.85. The number of hydrogen-bond acceptors (Lipinski definition) is 2. The molecule has 0 spiro atoms. The maximum absolute atomic E-state index is 13.2. The number of aryl methyl sites for hydroxylation is 1. The fraction of sp³-hybridized carbons (Fsp3) is 0.167. The molecule has 1 heterocycles. The average Bonchev–Trinajstić information content (AvgIpc) is 2.75. The van der Waals surface area contributed by atoms with E-state index in [1.807, 2.05) is 61.5 Å². The number of carbonyl (C=O) groups excluding carboxylic acids is 2. The van der Waals surface area contributed by atoms with E-state index in [-0.39, 0.29) is 11.8 Å². The minimum Gasteiger partial charge on any atom is -0.324 e. The van der Waals surface area contributed by atoms with E-state index >= 15 is 0 Å². The maximum atomic E-state index is 13.2. The van der Waals surface area contributed by atoms with Crippen LogP contribution >= 0.6 is 11.6 Å². The molecule has 0 aromatic heterocycles. The van der Waals surface area contributed by atoms with Crippen molar-refractivity contribution in [2.75, 3.05) is 5.32 Å². The van der Waals surface area contributed by atoms with Gasteiger partial charge >= 0.3 is 0 Å². The molecule has 5 heteroatoms. The molecule has 0 fully saturated rings. The van der Waals surface area contributed by atoms with E-state index in [1.165, 1.54) is 0 Å². The first kappa shape index (κ1) is 19.2. The van der Waals surface area contributed by atoms with Crippen LogP contribution in [-0.4, -0.2) is 22.8 Å². The van der Waals surface area contributed by atoms with Gasteiger partial charge in [-0.1, -0.05) is 60.1 Å². The summed E-state index contributed by atoms with van der Waals surface area (Å²) in [6, 6.07) is 21.8. The van der Waals surface area contributed by atoms with Gasteiger partial charge in [0.1, 0.15) is 6.04 Å². The highest BCUT2D eigenvalue weighted by molar-refractivity contribution is 6.31. The van der Waals surface area contributed by atoms with Gasteiger partial charge in [-0.2, -0.15) is 0 Å². The third-order valence-corrected chi connectivity index (χ3v) is 5.68. The number of hydrogen-bond donors (Lipinski definition) is 1. The van der Waals surface area contributed by atoms with Crippen LogP contribution in [0.15, 0.2) is 72.8 Å². The molecule has 29 heavy (non-hydrogen) atoms. The number of nitrogens with one attached hydrogen (secondary N) is 1. The number of anilines is 1. The number of halogens is 1. The Morgan fingerprint density at radius 2 is 1.66 bits per heavy atom. The SMILES string of the molecule is Cc1ccc(NC(=O)[C@H]2Cc3ccccc3CN2C(=O)c2ccccc2)cc1Cl. The lowest BCUT2D eigenvalue weighted by Crippen LogP contribution is -2.50. The van der Waals surface area contributed by atoms with Crippen LogP contribution in [0.1, 0.15) is 27.0 Å². The quantitative estimate of drug-likeness (QED) is 0.678. The number of amides is 2. The Morgan fingerprint density at radius 3 is 2.38 bits per heavy atom. The molecule has 0 aliphatic carbocycles. The molecule has 146 valence electrons. The van der Waals surface area contributed by atoms with Crippen LogP contribution in [-0.2, 0) is 17.8 Å². The molecule has 2 amide bonds. The smallest absolute Gasteiger partial charge is 0.254 e. The Morgan fingerprint density at radius 1 is 0.966 bits per heavy atom. The Labute approximate surface area is 175 Å². The number of nitrogens with zero attached hydrogens (tertiary/aromatic N) is 1. The standard InChI is InChI=1S/C24H21ClN2O2/c1-16-11-12-20(14-21(16)25)26-23(28)22-13-18-9-5-6-10-19(18)15-27(22)24(29)17-7-3-2-4-8-17/h2-12,14,22H,13,15H2,1H3,(H,26,28)/t22-/m1/s1.